The minimum atomic E-state index is -1.04. The number of amides is 1. The lowest BCUT2D eigenvalue weighted by atomic mass is 10.1. The number of pyridine rings is 1. The molecule has 0 spiro atoms. The molecule has 20 heavy (non-hydrogen) atoms. The zero-order valence-corrected chi connectivity index (χ0v) is 12.3. The van der Waals surface area contributed by atoms with Crippen LogP contribution >= 0.6 is 11.6 Å². The van der Waals surface area contributed by atoms with E-state index in [1.807, 2.05) is 0 Å². The maximum absolute atomic E-state index is 11.7. The van der Waals surface area contributed by atoms with Crippen LogP contribution < -0.4 is 5.32 Å². The summed E-state index contributed by atoms with van der Waals surface area (Å²) in [7, 11) is 0. The molecular formula is C13H17ClN2O4. The Balaban J connectivity index is 2.82. The summed E-state index contributed by atoms with van der Waals surface area (Å²) >= 11 is 5.68. The number of carboxylic acid groups (broad SMARTS) is 1. The fourth-order valence-corrected chi connectivity index (χ4v) is 1.58. The smallest absolute Gasteiger partial charge is 0.408 e. The Hall–Kier alpha value is -1.82. The van der Waals surface area contributed by atoms with Gasteiger partial charge in [-0.05, 0) is 32.4 Å². The van der Waals surface area contributed by atoms with Crippen molar-refractivity contribution in [3.05, 3.63) is 29.0 Å². The van der Waals surface area contributed by atoms with Gasteiger partial charge in [0.15, 0.2) is 0 Å². The normalized spacial score (nSPS) is 12.6. The summed E-state index contributed by atoms with van der Waals surface area (Å²) < 4.78 is 5.11. The van der Waals surface area contributed by atoms with Crippen LogP contribution in [-0.4, -0.2) is 27.8 Å². The minimum Gasteiger partial charge on any atom is -0.481 e. The lowest BCUT2D eigenvalue weighted by molar-refractivity contribution is -0.137. The van der Waals surface area contributed by atoms with Gasteiger partial charge in [0.25, 0.3) is 0 Å². The highest BCUT2D eigenvalue weighted by molar-refractivity contribution is 6.29. The highest BCUT2D eigenvalue weighted by atomic mass is 35.5. The number of aromatic nitrogens is 1. The molecule has 1 unspecified atom stereocenters. The number of aliphatic carboxylic acids is 1. The molecule has 110 valence electrons. The molecule has 0 aliphatic heterocycles. The number of rotatable bonds is 4. The maximum Gasteiger partial charge on any atom is 0.408 e. The molecule has 1 aromatic rings. The number of hydrogen-bond donors (Lipinski definition) is 2. The Bertz CT molecular complexity index is 482. The van der Waals surface area contributed by atoms with Crippen molar-refractivity contribution in [1.82, 2.24) is 10.3 Å². The summed E-state index contributed by atoms with van der Waals surface area (Å²) in [5.41, 5.74) is -0.113. The molecule has 1 aromatic heterocycles. The highest BCUT2D eigenvalue weighted by Gasteiger charge is 2.22. The van der Waals surface area contributed by atoms with Gasteiger partial charge in [0.2, 0.25) is 0 Å². The first kappa shape index (κ1) is 16.2. The first-order valence-corrected chi connectivity index (χ1v) is 6.38. The predicted molar refractivity (Wildman–Crippen MR) is 73.6 cm³/mol. The SMILES string of the molecule is CC(C)(C)OC(=O)NC(CC(=O)O)c1ccc(Cl)nc1. The van der Waals surface area contributed by atoms with E-state index in [9.17, 15) is 9.59 Å². The second-order valence-corrected chi connectivity index (χ2v) is 5.60. The molecule has 2 N–H and O–H groups in total. The van der Waals surface area contributed by atoms with E-state index in [0.717, 1.165) is 0 Å². The summed E-state index contributed by atoms with van der Waals surface area (Å²) in [5, 5.41) is 11.7. The molecule has 0 bridgehead atoms. The highest BCUT2D eigenvalue weighted by Crippen LogP contribution is 2.18. The fraction of sp³-hybridized carbons (Fsp3) is 0.462. The van der Waals surface area contributed by atoms with Crippen LogP contribution in [0.2, 0.25) is 5.15 Å². The molecule has 1 rings (SSSR count). The Kier molecular flexibility index (Phi) is 5.33. The third kappa shape index (κ3) is 5.88. The van der Waals surface area contributed by atoms with Crippen LogP contribution in [0, 0.1) is 0 Å². The average Bonchev–Trinajstić information content (AvgIpc) is 2.25. The van der Waals surface area contributed by atoms with E-state index in [4.69, 9.17) is 21.4 Å². The second-order valence-electron chi connectivity index (χ2n) is 5.21. The quantitative estimate of drug-likeness (QED) is 0.835. The molecule has 0 fully saturated rings. The summed E-state index contributed by atoms with van der Waals surface area (Å²) in [6.45, 7) is 5.17. The van der Waals surface area contributed by atoms with E-state index in [1.54, 1.807) is 26.8 Å². The zero-order valence-electron chi connectivity index (χ0n) is 11.5. The summed E-state index contributed by atoms with van der Waals surface area (Å²) in [6.07, 6.45) is 0.467. The number of halogens is 1. The zero-order chi connectivity index (χ0) is 15.3. The fourth-order valence-electron chi connectivity index (χ4n) is 1.47. The molecule has 0 aliphatic carbocycles. The number of carbonyl (C=O) groups is 2. The lowest BCUT2D eigenvalue weighted by Crippen LogP contribution is -2.35. The van der Waals surface area contributed by atoms with E-state index in [2.05, 4.69) is 10.3 Å². The maximum atomic E-state index is 11.7. The number of ether oxygens (including phenoxy) is 1. The van der Waals surface area contributed by atoms with Crippen LogP contribution in [0.25, 0.3) is 0 Å². The molecule has 1 amide bonds. The molecule has 7 heteroatoms. The number of hydrogen-bond acceptors (Lipinski definition) is 4. The minimum absolute atomic E-state index is 0.275. The van der Waals surface area contributed by atoms with E-state index in [1.165, 1.54) is 12.3 Å². The van der Waals surface area contributed by atoms with Crippen LogP contribution in [0.4, 0.5) is 4.79 Å². The summed E-state index contributed by atoms with van der Waals surface area (Å²) in [6, 6.07) is 2.41. The molecular weight excluding hydrogens is 284 g/mol. The largest absolute Gasteiger partial charge is 0.481 e. The van der Waals surface area contributed by atoms with Gasteiger partial charge in [-0.15, -0.1) is 0 Å². The third-order valence-electron chi connectivity index (χ3n) is 2.22. The van der Waals surface area contributed by atoms with Crippen molar-refractivity contribution in [2.45, 2.75) is 38.8 Å². The van der Waals surface area contributed by atoms with Gasteiger partial charge in [0, 0.05) is 6.20 Å². The van der Waals surface area contributed by atoms with Gasteiger partial charge in [-0.1, -0.05) is 17.7 Å². The first-order chi connectivity index (χ1) is 9.17. The topological polar surface area (TPSA) is 88.5 Å². The van der Waals surface area contributed by atoms with E-state index in [-0.39, 0.29) is 6.42 Å². The van der Waals surface area contributed by atoms with Gasteiger partial charge in [-0.25, -0.2) is 9.78 Å². The van der Waals surface area contributed by atoms with Gasteiger partial charge >= 0.3 is 12.1 Å². The summed E-state index contributed by atoms with van der Waals surface area (Å²) in [5.74, 6) is -1.04. The van der Waals surface area contributed by atoms with Crippen molar-refractivity contribution >= 4 is 23.7 Å². The standard InChI is InChI=1S/C13H17ClN2O4/c1-13(2,3)20-12(19)16-9(6-11(17)18)8-4-5-10(14)15-7-8/h4-5,7,9H,6H2,1-3H3,(H,16,19)(H,17,18). The summed E-state index contributed by atoms with van der Waals surface area (Å²) in [4.78, 5) is 26.5. The molecule has 0 radical (unpaired) electrons. The number of carboxylic acids is 1. The van der Waals surface area contributed by atoms with Crippen molar-refractivity contribution < 1.29 is 19.4 Å². The molecule has 1 atom stereocenters. The Morgan fingerprint density at radius 3 is 2.55 bits per heavy atom. The van der Waals surface area contributed by atoms with Crippen LogP contribution in [0.15, 0.2) is 18.3 Å². The third-order valence-corrected chi connectivity index (χ3v) is 2.45. The number of nitrogens with zero attached hydrogens (tertiary/aromatic N) is 1. The van der Waals surface area contributed by atoms with Gasteiger partial charge in [0.05, 0.1) is 12.5 Å². The Labute approximate surface area is 122 Å². The van der Waals surface area contributed by atoms with Crippen LogP contribution in [-0.2, 0) is 9.53 Å². The number of nitrogens with one attached hydrogen (secondary N) is 1. The van der Waals surface area contributed by atoms with Gasteiger partial charge in [0.1, 0.15) is 10.8 Å². The van der Waals surface area contributed by atoms with E-state index in [0.29, 0.717) is 10.7 Å². The molecule has 6 nitrogen and oxygen atoms in total. The number of alkyl carbamates (subject to hydrolysis) is 1. The van der Waals surface area contributed by atoms with Crippen molar-refractivity contribution in [1.29, 1.82) is 0 Å². The molecule has 0 aromatic carbocycles. The van der Waals surface area contributed by atoms with E-state index < -0.39 is 23.7 Å². The van der Waals surface area contributed by atoms with Crippen LogP contribution in [0.3, 0.4) is 0 Å². The van der Waals surface area contributed by atoms with Crippen molar-refractivity contribution in [3.63, 3.8) is 0 Å². The average molecular weight is 301 g/mol. The van der Waals surface area contributed by atoms with Crippen molar-refractivity contribution in [3.8, 4) is 0 Å². The van der Waals surface area contributed by atoms with Crippen molar-refractivity contribution in [2.75, 3.05) is 0 Å². The molecule has 1 heterocycles. The second kappa shape index (κ2) is 6.56. The molecule has 0 saturated heterocycles. The molecule has 0 aliphatic rings. The Morgan fingerprint density at radius 1 is 1.45 bits per heavy atom. The van der Waals surface area contributed by atoms with E-state index >= 15 is 0 Å². The van der Waals surface area contributed by atoms with Crippen molar-refractivity contribution in [2.24, 2.45) is 0 Å². The monoisotopic (exact) mass is 300 g/mol. The van der Waals surface area contributed by atoms with Crippen LogP contribution in [0.5, 0.6) is 0 Å². The molecule has 0 saturated carbocycles. The Morgan fingerprint density at radius 2 is 2.10 bits per heavy atom. The number of carbonyl (C=O) groups excluding carboxylic acids is 1. The first-order valence-electron chi connectivity index (χ1n) is 6.00. The van der Waals surface area contributed by atoms with Gasteiger partial charge < -0.3 is 15.2 Å². The van der Waals surface area contributed by atoms with Crippen LogP contribution in [0.1, 0.15) is 38.8 Å². The predicted octanol–water partition coefficient (Wildman–Crippen LogP) is 2.78. The van der Waals surface area contributed by atoms with Gasteiger partial charge in [-0.2, -0.15) is 0 Å². The van der Waals surface area contributed by atoms with Gasteiger partial charge in [-0.3, -0.25) is 4.79 Å². The lowest BCUT2D eigenvalue weighted by Gasteiger charge is -2.23.